The summed E-state index contributed by atoms with van der Waals surface area (Å²) < 4.78 is 24.9. The Kier molecular flexibility index (Phi) is 2.71. The van der Waals surface area contributed by atoms with E-state index in [2.05, 4.69) is 0 Å². The van der Waals surface area contributed by atoms with Crippen LogP contribution in [-0.4, -0.2) is 35.7 Å². The predicted molar refractivity (Wildman–Crippen MR) is 49.1 cm³/mol. The lowest BCUT2D eigenvalue weighted by Gasteiger charge is -2.39. The third-order valence-electron chi connectivity index (χ3n) is 2.46. The normalized spacial score (nSPS) is 19.6. The van der Waals surface area contributed by atoms with Gasteiger partial charge in [-0.05, 0) is 0 Å². The molecule has 0 aliphatic carbocycles. The molecule has 2 N–H and O–H groups in total. The first kappa shape index (κ1) is 11.9. The fourth-order valence-corrected chi connectivity index (χ4v) is 1.27. The Morgan fingerprint density at radius 3 is 2.20 bits per heavy atom. The summed E-state index contributed by atoms with van der Waals surface area (Å²) in [6.07, 6.45) is -0.127. The zero-order chi connectivity index (χ0) is 11.9. The van der Waals surface area contributed by atoms with Crippen molar-refractivity contribution < 1.29 is 18.4 Å². The Labute approximate surface area is 86.4 Å². The van der Waals surface area contributed by atoms with Crippen molar-refractivity contribution in [2.24, 2.45) is 11.1 Å². The van der Waals surface area contributed by atoms with E-state index in [1.165, 1.54) is 13.8 Å². The van der Waals surface area contributed by atoms with Crippen LogP contribution in [0.5, 0.6) is 0 Å². The van der Waals surface area contributed by atoms with Crippen molar-refractivity contribution in [2.75, 3.05) is 13.1 Å². The minimum atomic E-state index is -2.77. The Bertz CT molecular complexity index is 294. The second-order valence-corrected chi connectivity index (χ2v) is 4.53. The van der Waals surface area contributed by atoms with Crippen LogP contribution in [0.2, 0.25) is 0 Å². The van der Waals surface area contributed by atoms with Crippen LogP contribution in [0.4, 0.5) is 8.78 Å². The molecule has 0 aromatic carbocycles. The first-order chi connectivity index (χ1) is 6.64. The van der Waals surface area contributed by atoms with Crippen molar-refractivity contribution in [2.45, 2.75) is 26.2 Å². The number of carbonyl (C=O) groups is 2. The molecule has 0 aromatic rings. The maximum atomic E-state index is 12.5. The quantitative estimate of drug-likeness (QED) is 0.746. The molecule has 0 saturated carbocycles. The molecule has 0 unspecified atom stereocenters. The highest BCUT2D eigenvalue weighted by Crippen LogP contribution is 2.29. The van der Waals surface area contributed by atoms with Gasteiger partial charge in [0, 0.05) is 6.42 Å². The number of halogens is 2. The van der Waals surface area contributed by atoms with Crippen molar-refractivity contribution in [1.29, 1.82) is 0 Å². The summed E-state index contributed by atoms with van der Waals surface area (Å²) >= 11 is 0. The van der Waals surface area contributed by atoms with E-state index in [0.29, 0.717) is 0 Å². The Balaban J connectivity index is 2.48. The summed E-state index contributed by atoms with van der Waals surface area (Å²) in [6, 6.07) is 0. The number of nitrogens with two attached hydrogens (primary N) is 1. The highest BCUT2D eigenvalue weighted by Gasteiger charge is 2.47. The molecule has 2 amide bonds. The number of alkyl halides is 2. The van der Waals surface area contributed by atoms with E-state index in [9.17, 15) is 18.4 Å². The lowest BCUT2D eigenvalue weighted by Crippen LogP contribution is -2.59. The second-order valence-electron chi connectivity index (χ2n) is 4.53. The van der Waals surface area contributed by atoms with Gasteiger partial charge < -0.3 is 10.6 Å². The summed E-state index contributed by atoms with van der Waals surface area (Å²) in [5.74, 6) is -3.83. The summed E-state index contributed by atoms with van der Waals surface area (Å²) in [6.45, 7) is 1.93. The number of hydrogen-bond acceptors (Lipinski definition) is 2. The highest BCUT2D eigenvalue weighted by molar-refractivity contribution is 5.87. The number of amides is 2. The lowest BCUT2D eigenvalue weighted by molar-refractivity contribution is -0.168. The van der Waals surface area contributed by atoms with E-state index in [1.54, 1.807) is 0 Å². The summed E-state index contributed by atoms with van der Waals surface area (Å²) in [5.41, 5.74) is 4.09. The maximum Gasteiger partial charge on any atom is 0.282 e. The van der Waals surface area contributed by atoms with Gasteiger partial charge in [-0.25, -0.2) is 8.78 Å². The predicted octanol–water partition coefficient (Wildman–Crippen LogP) is 0.366. The van der Waals surface area contributed by atoms with Gasteiger partial charge in [0.1, 0.15) is 0 Å². The molecule has 0 radical (unpaired) electrons. The molecule has 4 nitrogen and oxygen atoms in total. The van der Waals surface area contributed by atoms with Crippen molar-refractivity contribution in [3.8, 4) is 0 Å². The molecule has 0 bridgehead atoms. The third kappa shape index (κ3) is 2.64. The van der Waals surface area contributed by atoms with Crippen LogP contribution in [0.3, 0.4) is 0 Å². The highest BCUT2D eigenvalue weighted by atomic mass is 19.3. The summed E-state index contributed by atoms with van der Waals surface area (Å²) in [5, 5.41) is 0. The van der Waals surface area contributed by atoms with Crippen LogP contribution in [0.1, 0.15) is 20.3 Å². The van der Waals surface area contributed by atoms with E-state index in [-0.39, 0.29) is 6.42 Å². The molecule has 6 heteroatoms. The third-order valence-corrected chi connectivity index (χ3v) is 2.46. The van der Waals surface area contributed by atoms with Gasteiger partial charge in [0.2, 0.25) is 11.8 Å². The van der Waals surface area contributed by atoms with Crippen LogP contribution in [0.25, 0.3) is 0 Å². The Morgan fingerprint density at radius 2 is 1.87 bits per heavy atom. The molecular formula is C9H14F2N2O2. The minimum absolute atomic E-state index is 0.127. The van der Waals surface area contributed by atoms with Crippen molar-refractivity contribution in [1.82, 2.24) is 4.90 Å². The molecule has 1 fully saturated rings. The van der Waals surface area contributed by atoms with Crippen LogP contribution in [0, 0.1) is 5.41 Å². The van der Waals surface area contributed by atoms with Gasteiger partial charge in [-0.3, -0.25) is 9.59 Å². The van der Waals surface area contributed by atoms with Gasteiger partial charge in [0.25, 0.3) is 5.92 Å². The number of carbonyl (C=O) groups excluding carboxylic acids is 2. The van der Waals surface area contributed by atoms with Gasteiger partial charge in [-0.1, -0.05) is 13.8 Å². The number of hydrogen-bond donors (Lipinski definition) is 1. The van der Waals surface area contributed by atoms with Crippen molar-refractivity contribution >= 4 is 11.8 Å². The molecule has 0 aromatic heterocycles. The number of nitrogens with zero attached hydrogens (tertiary/aromatic N) is 1. The van der Waals surface area contributed by atoms with Crippen molar-refractivity contribution in [3.63, 3.8) is 0 Å². The van der Waals surface area contributed by atoms with E-state index in [4.69, 9.17) is 5.73 Å². The van der Waals surface area contributed by atoms with Crippen molar-refractivity contribution in [3.05, 3.63) is 0 Å². The first-order valence-corrected chi connectivity index (χ1v) is 4.60. The molecule has 1 aliphatic rings. The number of likely N-dealkylation sites (tertiary alicyclic amines) is 1. The Hall–Kier alpha value is -1.20. The largest absolute Gasteiger partial charge is 0.369 e. The van der Waals surface area contributed by atoms with Gasteiger partial charge >= 0.3 is 0 Å². The summed E-state index contributed by atoms with van der Waals surface area (Å²) in [7, 11) is 0. The fraction of sp³-hybridized carbons (Fsp3) is 0.778. The number of primary amides is 1. The smallest absolute Gasteiger partial charge is 0.282 e. The minimum Gasteiger partial charge on any atom is -0.369 e. The average molecular weight is 220 g/mol. The molecule has 15 heavy (non-hydrogen) atoms. The zero-order valence-electron chi connectivity index (χ0n) is 8.72. The zero-order valence-corrected chi connectivity index (χ0v) is 8.72. The fourth-order valence-electron chi connectivity index (χ4n) is 1.27. The molecule has 1 saturated heterocycles. The summed E-state index contributed by atoms with van der Waals surface area (Å²) in [4.78, 5) is 23.4. The van der Waals surface area contributed by atoms with E-state index in [0.717, 1.165) is 4.90 Å². The SMILES string of the molecule is CC(C)(CC(=O)N1CC(F)(F)C1)C(N)=O. The van der Waals surface area contributed by atoms with Crippen LogP contribution < -0.4 is 5.73 Å². The van der Waals surface area contributed by atoms with E-state index >= 15 is 0 Å². The van der Waals surface area contributed by atoms with Gasteiger partial charge in [-0.15, -0.1) is 0 Å². The molecule has 86 valence electrons. The van der Waals surface area contributed by atoms with Crippen LogP contribution >= 0.6 is 0 Å². The lowest BCUT2D eigenvalue weighted by atomic mass is 9.87. The Morgan fingerprint density at radius 1 is 1.40 bits per heavy atom. The van der Waals surface area contributed by atoms with Gasteiger partial charge in [0.15, 0.2) is 0 Å². The van der Waals surface area contributed by atoms with E-state index in [1.807, 2.05) is 0 Å². The average Bonchev–Trinajstić information content (AvgIpc) is 1.98. The van der Waals surface area contributed by atoms with E-state index < -0.39 is 36.2 Å². The standard InChI is InChI=1S/C9H14F2N2O2/c1-8(2,7(12)15)3-6(14)13-4-9(10,11)5-13/h3-5H2,1-2H3,(H2,12,15). The molecule has 0 atom stereocenters. The monoisotopic (exact) mass is 220 g/mol. The van der Waals surface area contributed by atoms with Crippen LogP contribution in [-0.2, 0) is 9.59 Å². The molecule has 1 heterocycles. The molecule has 1 aliphatic heterocycles. The van der Waals surface area contributed by atoms with Gasteiger partial charge in [0.05, 0.1) is 18.5 Å². The molecule has 0 spiro atoms. The topological polar surface area (TPSA) is 63.4 Å². The van der Waals surface area contributed by atoms with Crippen LogP contribution in [0.15, 0.2) is 0 Å². The maximum absolute atomic E-state index is 12.5. The second kappa shape index (κ2) is 3.43. The van der Waals surface area contributed by atoms with Gasteiger partial charge in [-0.2, -0.15) is 0 Å². The molecule has 1 rings (SSSR count). The number of rotatable bonds is 3. The molecular weight excluding hydrogens is 206 g/mol. The first-order valence-electron chi connectivity index (χ1n) is 4.60.